The molecule has 1 amide bonds. The summed E-state index contributed by atoms with van der Waals surface area (Å²) < 4.78 is 1.92. The van der Waals surface area contributed by atoms with E-state index in [2.05, 4.69) is 45.8 Å². The summed E-state index contributed by atoms with van der Waals surface area (Å²) >= 11 is 0. The Kier molecular flexibility index (Phi) is 10.7. The number of nitrogens with zero attached hydrogens (tertiary/aromatic N) is 4. The molecule has 0 saturated carbocycles. The highest BCUT2D eigenvalue weighted by atomic mass is 127. The first-order valence-electron chi connectivity index (χ1n) is 10.6. The minimum absolute atomic E-state index is 0. The maximum Gasteiger partial charge on any atom is 0.222 e. The van der Waals surface area contributed by atoms with E-state index in [0.29, 0.717) is 6.42 Å². The van der Waals surface area contributed by atoms with Gasteiger partial charge in [-0.25, -0.2) is 0 Å². The van der Waals surface area contributed by atoms with Gasteiger partial charge in [-0.1, -0.05) is 24.3 Å². The Morgan fingerprint density at radius 2 is 2.00 bits per heavy atom. The largest absolute Gasteiger partial charge is 0.357 e. The third-order valence-corrected chi connectivity index (χ3v) is 5.06. The van der Waals surface area contributed by atoms with Crippen molar-refractivity contribution in [3.63, 3.8) is 0 Å². The molecule has 1 aromatic heterocycles. The van der Waals surface area contributed by atoms with Crippen molar-refractivity contribution in [1.82, 2.24) is 25.3 Å². The molecule has 7 nitrogen and oxygen atoms in total. The number of aliphatic imine (C=N–C) groups is 1. The van der Waals surface area contributed by atoms with Gasteiger partial charge >= 0.3 is 0 Å². The van der Waals surface area contributed by atoms with Gasteiger partial charge in [-0.05, 0) is 43.4 Å². The van der Waals surface area contributed by atoms with E-state index in [9.17, 15) is 4.79 Å². The molecule has 0 spiro atoms. The number of hydrogen-bond donors (Lipinski definition) is 2. The van der Waals surface area contributed by atoms with E-state index in [0.717, 1.165) is 64.5 Å². The number of guanidine groups is 1. The average Bonchev–Trinajstić information content (AvgIpc) is 3.27. The van der Waals surface area contributed by atoms with E-state index < -0.39 is 0 Å². The molecule has 0 fully saturated rings. The van der Waals surface area contributed by atoms with Crippen molar-refractivity contribution in [1.29, 1.82) is 0 Å². The van der Waals surface area contributed by atoms with Gasteiger partial charge in [0.15, 0.2) is 5.96 Å². The Balaban J connectivity index is 0.00000320. The molecule has 30 heavy (non-hydrogen) atoms. The highest BCUT2D eigenvalue weighted by Crippen LogP contribution is 2.19. The molecular weight excluding hydrogens is 491 g/mol. The van der Waals surface area contributed by atoms with Crippen LogP contribution in [0.15, 0.2) is 47.7 Å². The van der Waals surface area contributed by atoms with Crippen molar-refractivity contribution in [3.8, 4) is 0 Å². The van der Waals surface area contributed by atoms with Crippen molar-refractivity contribution in [2.75, 3.05) is 26.2 Å². The van der Waals surface area contributed by atoms with Gasteiger partial charge in [0.2, 0.25) is 5.91 Å². The first-order valence-corrected chi connectivity index (χ1v) is 10.6. The summed E-state index contributed by atoms with van der Waals surface area (Å²) in [6.07, 6.45) is 7.01. The molecule has 1 aliphatic heterocycles. The van der Waals surface area contributed by atoms with Crippen LogP contribution in [0.3, 0.4) is 0 Å². The summed E-state index contributed by atoms with van der Waals surface area (Å²) in [5, 5.41) is 10.8. The third-order valence-electron chi connectivity index (χ3n) is 5.06. The molecule has 0 radical (unpaired) electrons. The summed E-state index contributed by atoms with van der Waals surface area (Å²) in [7, 11) is 0. The second kappa shape index (κ2) is 13.3. The molecule has 0 aliphatic carbocycles. The molecule has 2 N–H and O–H groups in total. The highest BCUT2D eigenvalue weighted by Gasteiger charge is 2.19. The van der Waals surface area contributed by atoms with Gasteiger partial charge in [-0.15, -0.1) is 24.0 Å². The molecule has 0 saturated heterocycles. The molecular formula is C22H33IN6O. The number of aromatic nitrogens is 2. The molecule has 0 atom stereocenters. The minimum Gasteiger partial charge on any atom is -0.357 e. The van der Waals surface area contributed by atoms with E-state index >= 15 is 0 Å². The lowest BCUT2D eigenvalue weighted by molar-refractivity contribution is -0.132. The smallest absolute Gasteiger partial charge is 0.222 e. The van der Waals surface area contributed by atoms with Gasteiger partial charge in [0.1, 0.15) is 0 Å². The van der Waals surface area contributed by atoms with Crippen molar-refractivity contribution >= 4 is 35.8 Å². The SMILES string of the molecule is CCNC(=NCCCn1cccn1)NCCCC(=O)N1CCc2ccccc2C1.I. The van der Waals surface area contributed by atoms with Crippen molar-refractivity contribution < 1.29 is 4.79 Å². The number of benzene rings is 1. The normalized spacial score (nSPS) is 13.4. The monoisotopic (exact) mass is 524 g/mol. The van der Waals surface area contributed by atoms with Crippen molar-refractivity contribution in [2.45, 2.75) is 45.7 Å². The number of amides is 1. The van der Waals surface area contributed by atoms with Gasteiger partial charge in [-0.2, -0.15) is 5.10 Å². The lowest BCUT2D eigenvalue weighted by Crippen LogP contribution is -2.39. The fraction of sp³-hybridized carbons (Fsp3) is 0.500. The second-order valence-electron chi connectivity index (χ2n) is 7.25. The molecule has 1 aliphatic rings. The van der Waals surface area contributed by atoms with Crippen LogP contribution in [0, 0.1) is 0 Å². The Hall–Kier alpha value is -2.10. The van der Waals surface area contributed by atoms with Crippen molar-refractivity contribution in [3.05, 3.63) is 53.9 Å². The molecule has 0 bridgehead atoms. The summed E-state index contributed by atoms with van der Waals surface area (Å²) in [5.41, 5.74) is 2.65. The number of aryl methyl sites for hydroxylation is 1. The molecule has 8 heteroatoms. The predicted octanol–water partition coefficient (Wildman–Crippen LogP) is 2.81. The number of hydrogen-bond acceptors (Lipinski definition) is 3. The quantitative estimate of drug-likeness (QED) is 0.229. The van der Waals surface area contributed by atoms with Crippen LogP contribution in [0.5, 0.6) is 0 Å². The predicted molar refractivity (Wildman–Crippen MR) is 131 cm³/mol. The third kappa shape index (κ3) is 7.62. The highest BCUT2D eigenvalue weighted by molar-refractivity contribution is 14.0. The summed E-state index contributed by atoms with van der Waals surface area (Å²) in [5.74, 6) is 1.05. The standard InChI is InChI=1S/C22H32N6O.HI/c1-2-23-22(25-13-6-15-28-16-7-14-26-28)24-12-5-10-21(29)27-17-11-19-8-3-4-9-20(19)18-27;/h3-4,7-9,14,16H,2,5-6,10-13,15,17-18H2,1H3,(H2,23,24,25);1H. The van der Waals surface area contributed by atoms with Crippen LogP contribution in [0.4, 0.5) is 0 Å². The Morgan fingerprint density at radius 3 is 2.77 bits per heavy atom. The molecule has 1 aromatic carbocycles. The first-order chi connectivity index (χ1) is 14.3. The Morgan fingerprint density at radius 1 is 1.17 bits per heavy atom. The zero-order valence-corrected chi connectivity index (χ0v) is 20.0. The van der Waals surface area contributed by atoms with Crippen LogP contribution in [0.25, 0.3) is 0 Å². The minimum atomic E-state index is 0. The molecule has 2 aromatic rings. The fourth-order valence-corrected chi connectivity index (χ4v) is 3.51. The maximum absolute atomic E-state index is 12.5. The van der Waals surface area contributed by atoms with Crippen LogP contribution in [0.2, 0.25) is 0 Å². The van der Waals surface area contributed by atoms with Gasteiger partial charge in [0, 0.05) is 58.1 Å². The number of nitrogens with one attached hydrogen (secondary N) is 2. The number of carbonyl (C=O) groups excluding carboxylic acids is 1. The summed E-state index contributed by atoms with van der Waals surface area (Å²) in [4.78, 5) is 19.1. The van der Waals surface area contributed by atoms with Crippen LogP contribution in [-0.2, 0) is 24.3 Å². The van der Waals surface area contributed by atoms with Crippen LogP contribution < -0.4 is 10.6 Å². The number of fused-ring (bicyclic) bond motifs is 1. The molecule has 2 heterocycles. The lowest BCUT2D eigenvalue weighted by atomic mass is 9.99. The van der Waals surface area contributed by atoms with Gasteiger partial charge in [-0.3, -0.25) is 14.5 Å². The zero-order valence-electron chi connectivity index (χ0n) is 17.7. The lowest BCUT2D eigenvalue weighted by Gasteiger charge is -2.29. The number of carbonyl (C=O) groups is 1. The van der Waals surface area contributed by atoms with Gasteiger partial charge in [0.05, 0.1) is 0 Å². The maximum atomic E-state index is 12.5. The molecule has 0 unspecified atom stereocenters. The fourth-order valence-electron chi connectivity index (χ4n) is 3.51. The van der Waals surface area contributed by atoms with E-state index in [-0.39, 0.29) is 29.9 Å². The summed E-state index contributed by atoms with van der Waals surface area (Å²) in [6.45, 7) is 6.77. The molecule has 164 valence electrons. The van der Waals surface area contributed by atoms with E-state index in [1.165, 1.54) is 11.1 Å². The van der Waals surface area contributed by atoms with Crippen molar-refractivity contribution in [2.24, 2.45) is 4.99 Å². The first kappa shape index (κ1) is 24.2. The molecule has 3 rings (SSSR count). The topological polar surface area (TPSA) is 74.5 Å². The number of rotatable bonds is 9. The van der Waals surface area contributed by atoms with E-state index in [1.54, 1.807) is 6.20 Å². The van der Waals surface area contributed by atoms with Crippen LogP contribution in [-0.4, -0.2) is 52.7 Å². The summed E-state index contributed by atoms with van der Waals surface area (Å²) in [6, 6.07) is 10.3. The Labute approximate surface area is 196 Å². The zero-order chi connectivity index (χ0) is 20.3. The van der Waals surface area contributed by atoms with Crippen LogP contribution in [0.1, 0.15) is 37.3 Å². The van der Waals surface area contributed by atoms with Gasteiger partial charge in [0.25, 0.3) is 0 Å². The van der Waals surface area contributed by atoms with E-state index in [4.69, 9.17) is 0 Å². The number of halogens is 1. The Bertz CT molecular complexity index is 793. The average molecular weight is 524 g/mol. The van der Waals surface area contributed by atoms with Gasteiger partial charge < -0.3 is 15.5 Å². The second-order valence-corrected chi connectivity index (χ2v) is 7.25. The van der Waals surface area contributed by atoms with Crippen LogP contribution >= 0.6 is 24.0 Å². The van der Waals surface area contributed by atoms with E-state index in [1.807, 2.05) is 27.9 Å².